The summed E-state index contributed by atoms with van der Waals surface area (Å²) in [6.45, 7) is 3.22. The molecule has 0 N–H and O–H groups in total. The summed E-state index contributed by atoms with van der Waals surface area (Å²) in [4.78, 5) is 20.5. The fraction of sp³-hybridized carbons (Fsp3) is 0. The fourth-order valence-electron chi connectivity index (χ4n) is 0.924. The molecule has 0 saturated heterocycles. The summed E-state index contributed by atoms with van der Waals surface area (Å²) in [5, 5.41) is 10.3. The van der Waals surface area contributed by atoms with Crippen LogP contribution in [0, 0.1) is 15.9 Å². The Labute approximate surface area is 78.8 Å². The van der Waals surface area contributed by atoms with Gasteiger partial charge in [0.2, 0.25) is 5.82 Å². The summed E-state index contributed by atoms with van der Waals surface area (Å²) < 4.78 is 12.8. The minimum Gasteiger partial charge on any atom is -0.289 e. The van der Waals surface area contributed by atoms with Crippen LogP contribution < -0.4 is 0 Å². The van der Waals surface area contributed by atoms with Crippen molar-refractivity contribution in [3.8, 4) is 0 Å². The minimum atomic E-state index is -0.962. The quantitative estimate of drug-likeness (QED) is 0.321. The van der Waals surface area contributed by atoms with Crippen LogP contribution in [0.1, 0.15) is 10.4 Å². The number of ketones is 1. The van der Waals surface area contributed by atoms with Gasteiger partial charge in [0.25, 0.3) is 0 Å². The lowest BCUT2D eigenvalue weighted by Gasteiger charge is -1.96. The third-order valence-corrected chi connectivity index (χ3v) is 1.61. The van der Waals surface area contributed by atoms with E-state index in [1.165, 1.54) is 6.07 Å². The average Bonchev–Trinajstić information content (AvgIpc) is 2.17. The van der Waals surface area contributed by atoms with Gasteiger partial charge in [-0.2, -0.15) is 4.39 Å². The van der Waals surface area contributed by atoms with Crippen molar-refractivity contribution in [2.24, 2.45) is 0 Å². The highest BCUT2D eigenvalue weighted by atomic mass is 19.1. The van der Waals surface area contributed by atoms with Gasteiger partial charge in [0, 0.05) is 11.6 Å². The molecule has 0 spiro atoms. The van der Waals surface area contributed by atoms with Crippen LogP contribution in [0.25, 0.3) is 0 Å². The molecule has 0 heterocycles. The highest BCUT2D eigenvalue weighted by molar-refractivity contribution is 6.04. The van der Waals surface area contributed by atoms with Gasteiger partial charge in [-0.3, -0.25) is 14.9 Å². The van der Waals surface area contributed by atoms with Gasteiger partial charge in [-0.05, 0) is 18.2 Å². The number of carbonyl (C=O) groups excluding carboxylic acids is 1. The lowest BCUT2D eigenvalue weighted by Crippen LogP contribution is -1.98. The largest absolute Gasteiger partial charge is 0.305 e. The molecule has 0 aromatic heterocycles. The van der Waals surface area contributed by atoms with Gasteiger partial charge in [-0.1, -0.05) is 6.58 Å². The lowest BCUT2D eigenvalue weighted by molar-refractivity contribution is -0.387. The average molecular weight is 195 g/mol. The van der Waals surface area contributed by atoms with E-state index in [4.69, 9.17) is 0 Å². The molecule has 0 saturated carbocycles. The molecule has 1 rings (SSSR count). The SMILES string of the molecule is C=CC(=O)c1ccc(F)c([N+](=O)[O-])c1. The molecular weight excluding hydrogens is 189 g/mol. The van der Waals surface area contributed by atoms with E-state index >= 15 is 0 Å². The predicted octanol–water partition coefficient (Wildman–Crippen LogP) is 2.10. The van der Waals surface area contributed by atoms with E-state index < -0.39 is 22.2 Å². The molecule has 0 radical (unpaired) electrons. The van der Waals surface area contributed by atoms with Crippen LogP contribution >= 0.6 is 0 Å². The Balaban J connectivity index is 3.25. The maximum Gasteiger partial charge on any atom is 0.305 e. The van der Waals surface area contributed by atoms with Gasteiger partial charge in [-0.15, -0.1) is 0 Å². The Morgan fingerprint density at radius 3 is 2.71 bits per heavy atom. The number of nitrogens with zero attached hydrogens (tertiary/aromatic N) is 1. The zero-order valence-electron chi connectivity index (χ0n) is 7.07. The number of rotatable bonds is 3. The number of carbonyl (C=O) groups is 1. The Hall–Kier alpha value is -2.04. The van der Waals surface area contributed by atoms with Crippen LogP contribution in [0.3, 0.4) is 0 Å². The lowest BCUT2D eigenvalue weighted by atomic mass is 10.1. The van der Waals surface area contributed by atoms with Crippen molar-refractivity contribution in [1.82, 2.24) is 0 Å². The van der Waals surface area contributed by atoms with Crippen LogP contribution in [-0.2, 0) is 0 Å². The molecule has 0 atom stereocenters. The van der Waals surface area contributed by atoms with Crippen LogP contribution in [0.5, 0.6) is 0 Å². The Kier molecular flexibility index (Phi) is 2.71. The molecule has 1 aromatic carbocycles. The Bertz CT molecular complexity index is 415. The van der Waals surface area contributed by atoms with Gasteiger partial charge in [0.05, 0.1) is 4.92 Å². The van der Waals surface area contributed by atoms with Crippen LogP contribution in [-0.4, -0.2) is 10.7 Å². The molecule has 72 valence electrons. The van der Waals surface area contributed by atoms with Crippen LogP contribution in [0.4, 0.5) is 10.1 Å². The van der Waals surface area contributed by atoms with Crippen molar-refractivity contribution in [1.29, 1.82) is 0 Å². The van der Waals surface area contributed by atoms with E-state index in [0.717, 1.165) is 18.2 Å². The fourth-order valence-corrected chi connectivity index (χ4v) is 0.924. The third-order valence-electron chi connectivity index (χ3n) is 1.61. The number of nitro benzene ring substituents is 1. The van der Waals surface area contributed by atoms with E-state index in [9.17, 15) is 19.3 Å². The first kappa shape index (κ1) is 10.0. The van der Waals surface area contributed by atoms with Gasteiger partial charge in [0.15, 0.2) is 5.78 Å². The van der Waals surface area contributed by atoms with E-state index in [0.29, 0.717) is 0 Å². The zero-order chi connectivity index (χ0) is 10.7. The topological polar surface area (TPSA) is 60.2 Å². The van der Waals surface area contributed by atoms with Gasteiger partial charge in [0.1, 0.15) is 0 Å². The third kappa shape index (κ3) is 1.82. The summed E-state index contributed by atoms with van der Waals surface area (Å²) in [6.07, 6.45) is 1.01. The molecule has 0 aliphatic rings. The summed E-state index contributed by atoms with van der Waals surface area (Å²) >= 11 is 0. The molecule has 0 fully saturated rings. The Morgan fingerprint density at radius 1 is 1.57 bits per heavy atom. The number of allylic oxidation sites excluding steroid dienone is 1. The number of hydrogen-bond donors (Lipinski definition) is 0. The summed E-state index contributed by atoms with van der Waals surface area (Å²) in [5.41, 5.74) is -0.661. The molecule has 1 aromatic rings. The maximum atomic E-state index is 12.8. The van der Waals surface area contributed by atoms with E-state index in [1.54, 1.807) is 0 Å². The van der Waals surface area contributed by atoms with Crippen molar-refractivity contribution in [2.75, 3.05) is 0 Å². The maximum absolute atomic E-state index is 12.8. The molecule has 0 amide bonds. The molecule has 0 aliphatic carbocycles. The van der Waals surface area contributed by atoms with Crippen molar-refractivity contribution in [2.45, 2.75) is 0 Å². The minimum absolute atomic E-state index is 0.0492. The first-order chi connectivity index (χ1) is 6.56. The monoisotopic (exact) mass is 195 g/mol. The number of hydrogen-bond acceptors (Lipinski definition) is 3. The second-order valence-corrected chi connectivity index (χ2v) is 2.49. The molecule has 0 aliphatic heterocycles. The second-order valence-electron chi connectivity index (χ2n) is 2.49. The molecule has 0 unspecified atom stereocenters. The zero-order valence-corrected chi connectivity index (χ0v) is 7.07. The number of nitro groups is 1. The smallest absolute Gasteiger partial charge is 0.289 e. The first-order valence-corrected chi connectivity index (χ1v) is 3.67. The van der Waals surface area contributed by atoms with Gasteiger partial charge < -0.3 is 0 Å². The molecule has 14 heavy (non-hydrogen) atoms. The molecule has 0 bridgehead atoms. The Morgan fingerprint density at radius 2 is 2.21 bits per heavy atom. The van der Waals surface area contributed by atoms with Crippen LogP contribution in [0.2, 0.25) is 0 Å². The van der Waals surface area contributed by atoms with Crippen molar-refractivity contribution >= 4 is 11.5 Å². The van der Waals surface area contributed by atoms with E-state index in [-0.39, 0.29) is 5.56 Å². The second kappa shape index (κ2) is 3.78. The van der Waals surface area contributed by atoms with E-state index in [2.05, 4.69) is 6.58 Å². The van der Waals surface area contributed by atoms with E-state index in [1.807, 2.05) is 0 Å². The van der Waals surface area contributed by atoms with Crippen molar-refractivity contribution in [3.63, 3.8) is 0 Å². The summed E-state index contributed by atoms with van der Waals surface area (Å²) in [6, 6.07) is 2.94. The van der Waals surface area contributed by atoms with Crippen molar-refractivity contribution in [3.05, 3.63) is 52.3 Å². The highest BCUT2D eigenvalue weighted by Crippen LogP contribution is 2.18. The molecule has 5 heteroatoms. The van der Waals surface area contributed by atoms with Gasteiger partial charge >= 0.3 is 5.69 Å². The highest BCUT2D eigenvalue weighted by Gasteiger charge is 2.15. The number of halogens is 1. The molecule has 4 nitrogen and oxygen atoms in total. The predicted molar refractivity (Wildman–Crippen MR) is 47.6 cm³/mol. The van der Waals surface area contributed by atoms with Crippen molar-refractivity contribution < 1.29 is 14.1 Å². The summed E-state index contributed by atoms with van der Waals surface area (Å²) in [7, 11) is 0. The summed E-state index contributed by atoms with van der Waals surface area (Å²) in [5.74, 6) is -1.44. The molecular formula is C9H6FNO3. The number of benzene rings is 1. The van der Waals surface area contributed by atoms with Gasteiger partial charge in [-0.25, -0.2) is 0 Å². The normalized spacial score (nSPS) is 9.50. The first-order valence-electron chi connectivity index (χ1n) is 3.67. The van der Waals surface area contributed by atoms with Crippen LogP contribution in [0.15, 0.2) is 30.9 Å². The standard InChI is InChI=1S/C9H6FNO3/c1-2-9(12)6-3-4-7(10)8(5-6)11(13)14/h2-5H,1H2.